The lowest BCUT2D eigenvalue weighted by molar-refractivity contribution is 1.05. The van der Waals surface area contributed by atoms with Gasteiger partial charge in [-0.05, 0) is 89.5 Å². The monoisotopic (exact) mass is 552 g/mol. The van der Waals surface area contributed by atoms with E-state index in [4.69, 9.17) is 0 Å². The maximum atomic E-state index is 13.8. The van der Waals surface area contributed by atoms with Gasteiger partial charge in [-0.2, -0.15) is 0 Å². The molecule has 6 aromatic carbocycles. The fourth-order valence-electron chi connectivity index (χ4n) is 6.62. The minimum Gasteiger partial charge on any atom is -0.313 e. The van der Waals surface area contributed by atoms with E-state index in [0.29, 0.717) is 5.39 Å². The molecule has 0 spiro atoms. The molecule has 0 amide bonds. The summed E-state index contributed by atoms with van der Waals surface area (Å²) in [6.07, 6.45) is 1.95. The van der Waals surface area contributed by atoms with Gasteiger partial charge >= 0.3 is 0 Å². The molecule has 0 aliphatic heterocycles. The average molecular weight is 553 g/mol. The molecule has 0 atom stereocenters. The van der Waals surface area contributed by atoms with Crippen molar-refractivity contribution in [1.82, 2.24) is 9.13 Å². The smallest absolute Gasteiger partial charge is 0.197 e. The van der Waals surface area contributed by atoms with Crippen LogP contribution < -0.4 is 5.43 Å². The van der Waals surface area contributed by atoms with Crippen molar-refractivity contribution in [3.05, 3.63) is 162 Å². The van der Waals surface area contributed by atoms with E-state index in [1.54, 1.807) is 0 Å². The third-order valence-corrected chi connectivity index (χ3v) is 8.67. The molecule has 204 valence electrons. The van der Waals surface area contributed by atoms with Crippen LogP contribution in [0.4, 0.5) is 0 Å². The van der Waals surface area contributed by atoms with Gasteiger partial charge in [-0.1, -0.05) is 85.5 Å². The average Bonchev–Trinajstić information content (AvgIpc) is 3.35. The molecule has 0 aliphatic rings. The zero-order valence-corrected chi connectivity index (χ0v) is 23.8. The number of para-hydroxylation sites is 3. The highest BCUT2D eigenvalue weighted by Gasteiger charge is 2.15. The lowest BCUT2D eigenvalue weighted by Gasteiger charge is -2.16. The van der Waals surface area contributed by atoms with Crippen molar-refractivity contribution >= 4 is 49.6 Å². The van der Waals surface area contributed by atoms with E-state index in [0.717, 1.165) is 49.7 Å². The Balaban J connectivity index is 1.27. The molecule has 0 bridgehead atoms. The van der Waals surface area contributed by atoms with Crippen LogP contribution in [0.3, 0.4) is 0 Å². The zero-order valence-electron chi connectivity index (χ0n) is 23.8. The Hall–Kier alpha value is -5.67. The van der Waals surface area contributed by atoms with Crippen molar-refractivity contribution in [3.63, 3.8) is 0 Å². The van der Waals surface area contributed by atoms with E-state index in [-0.39, 0.29) is 5.43 Å². The third-order valence-electron chi connectivity index (χ3n) is 8.67. The summed E-state index contributed by atoms with van der Waals surface area (Å²) in [5.41, 5.74) is 9.65. The van der Waals surface area contributed by atoms with Crippen LogP contribution in [-0.4, -0.2) is 9.13 Å². The lowest BCUT2D eigenvalue weighted by atomic mass is 9.98. The molecule has 2 aromatic heterocycles. The van der Waals surface area contributed by atoms with E-state index in [1.807, 2.05) is 54.6 Å². The van der Waals surface area contributed by atoms with Gasteiger partial charge in [0.25, 0.3) is 0 Å². The first-order valence-corrected chi connectivity index (χ1v) is 14.5. The van der Waals surface area contributed by atoms with Gasteiger partial charge in [0.1, 0.15) is 0 Å². The van der Waals surface area contributed by atoms with Gasteiger partial charge in [-0.15, -0.1) is 0 Å². The summed E-state index contributed by atoms with van der Waals surface area (Å²) in [5.74, 6) is 0. The third kappa shape index (κ3) is 3.86. The molecule has 0 radical (unpaired) electrons. The van der Waals surface area contributed by atoms with Gasteiger partial charge in [0, 0.05) is 38.8 Å². The molecule has 43 heavy (non-hydrogen) atoms. The normalized spacial score (nSPS) is 11.6. The molecule has 0 fully saturated rings. The van der Waals surface area contributed by atoms with E-state index >= 15 is 0 Å². The predicted octanol–water partition coefficient (Wildman–Crippen LogP) is 9.86. The molecular weight excluding hydrogens is 524 g/mol. The molecule has 3 nitrogen and oxygen atoms in total. The van der Waals surface area contributed by atoms with Crippen LogP contribution in [0.5, 0.6) is 0 Å². The number of aromatic nitrogens is 2. The van der Waals surface area contributed by atoms with Gasteiger partial charge in [0.15, 0.2) is 5.43 Å². The first-order chi connectivity index (χ1) is 21.1. The second-order valence-corrected chi connectivity index (χ2v) is 11.1. The van der Waals surface area contributed by atoms with Crippen molar-refractivity contribution in [1.29, 1.82) is 0 Å². The maximum absolute atomic E-state index is 13.8. The Morgan fingerprint density at radius 2 is 1.14 bits per heavy atom. The summed E-state index contributed by atoms with van der Waals surface area (Å²) in [5, 5.41) is 4.95. The van der Waals surface area contributed by atoms with E-state index < -0.39 is 0 Å². The Morgan fingerprint density at radius 3 is 1.93 bits per heavy atom. The first-order valence-electron chi connectivity index (χ1n) is 14.5. The number of pyridine rings is 1. The Bertz CT molecular complexity index is 2440. The summed E-state index contributed by atoms with van der Waals surface area (Å²) in [4.78, 5) is 13.8. The van der Waals surface area contributed by atoms with Crippen molar-refractivity contribution < 1.29 is 0 Å². The Morgan fingerprint density at radius 1 is 0.535 bits per heavy atom. The van der Waals surface area contributed by atoms with E-state index in [2.05, 4.69) is 108 Å². The number of benzene rings is 6. The number of nitrogens with zero attached hydrogens (tertiary/aromatic N) is 2. The molecule has 0 unspecified atom stereocenters. The van der Waals surface area contributed by atoms with Crippen molar-refractivity contribution in [2.75, 3.05) is 0 Å². The topological polar surface area (TPSA) is 26.9 Å². The number of hydrogen-bond acceptors (Lipinski definition) is 1. The number of rotatable bonds is 4. The highest BCUT2D eigenvalue weighted by molar-refractivity contribution is 5.98. The minimum absolute atomic E-state index is 0.0540. The standard InChI is InChI=1S/C40H28N2O/c1-3-33-26(2)41(37-15-9-7-13-34(33)37)32-21-19-28-23-27(17-18-29(28)24-32)30-20-22-39-36(25-30)40(43)35-14-8-10-16-38(35)42(39)31-11-5-4-6-12-31/h3-25H,1H2,2H3. The Kier molecular flexibility index (Phi) is 5.66. The summed E-state index contributed by atoms with van der Waals surface area (Å²) in [6, 6.07) is 46.0. The Labute approximate surface area is 249 Å². The van der Waals surface area contributed by atoms with Crippen LogP contribution in [-0.2, 0) is 0 Å². The van der Waals surface area contributed by atoms with Crippen molar-refractivity contribution in [3.8, 4) is 22.5 Å². The molecule has 0 saturated carbocycles. The summed E-state index contributed by atoms with van der Waals surface area (Å²) < 4.78 is 4.49. The number of fused-ring (bicyclic) bond motifs is 4. The number of hydrogen-bond donors (Lipinski definition) is 0. The van der Waals surface area contributed by atoms with Gasteiger partial charge in [0.05, 0.1) is 16.6 Å². The molecule has 0 N–H and O–H groups in total. The van der Waals surface area contributed by atoms with Crippen molar-refractivity contribution in [2.45, 2.75) is 6.92 Å². The second kappa shape index (κ2) is 9.71. The highest BCUT2D eigenvalue weighted by Crippen LogP contribution is 2.33. The molecule has 8 rings (SSSR count). The molecule has 8 aromatic rings. The minimum atomic E-state index is 0.0540. The van der Waals surface area contributed by atoms with Gasteiger partial charge in [-0.3, -0.25) is 4.79 Å². The van der Waals surface area contributed by atoms with Crippen LogP contribution >= 0.6 is 0 Å². The first kappa shape index (κ1) is 25.1. The molecule has 3 heteroatoms. The van der Waals surface area contributed by atoms with Crippen LogP contribution in [0.25, 0.3) is 72.1 Å². The summed E-state index contributed by atoms with van der Waals surface area (Å²) >= 11 is 0. The zero-order chi connectivity index (χ0) is 29.1. The van der Waals surface area contributed by atoms with E-state index in [1.165, 1.54) is 22.2 Å². The molecule has 0 aliphatic carbocycles. The van der Waals surface area contributed by atoms with E-state index in [9.17, 15) is 4.79 Å². The lowest BCUT2D eigenvalue weighted by Crippen LogP contribution is -2.10. The van der Waals surface area contributed by atoms with Gasteiger partial charge < -0.3 is 9.13 Å². The summed E-state index contributed by atoms with van der Waals surface area (Å²) in [7, 11) is 0. The van der Waals surface area contributed by atoms with Gasteiger partial charge in [-0.25, -0.2) is 0 Å². The fraction of sp³-hybridized carbons (Fsp3) is 0.0250. The SMILES string of the molecule is C=Cc1c(C)n(-c2ccc3cc(-c4ccc5c(c4)c(=O)c4ccccc4n5-c4ccccc4)ccc3c2)c2ccccc12. The van der Waals surface area contributed by atoms with Gasteiger partial charge in [0.2, 0.25) is 0 Å². The quantitative estimate of drug-likeness (QED) is 0.200. The molecule has 0 saturated heterocycles. The van der Waals surface area contributed by atoms with Crippen molar-refractivity contribution in [2.24, 2.45) is 0 Å². The van der Waals surface area contributed by atoms with Crippen LogP contribution in [0.2, 0.25) is 0 Å². The second-order valence-electron chi connectivity index (χ2n) is 11.1. The highest BCUT2D eigenvalue weighted by atomic mass is 16.1. The largest absolute Gasteiger partial charge is 0.313 e. The maximum Gasteiger partial charge on any atom is 0.197 e. The molecular formula is C40H28N2O. The van der Waals surface area contributed by atoms with Crippen LogP contribution in [0.1, 0.15) is 11.3 Å². The van der Waals surface area contributed by atoms with Crippen LogP contribution in [0.15, 0.2) is 145 Å². The fourth-order valence-corrected chi connectivity index (χ4v) is 6.62. The summed E-state index contributed by atoms with van der Waals surface area (Å²) in [6.45, 7) is 6.21. The predicted molar refractivity (Wildman–Crippen MR) is 182 cm³/mol. The molecule has 2 heterocycles. The van der Waals surface area contributed by atoms with Crippen LogP contribution in [0, 0.1) is 6.92 Å².